The van der Waals surface area contributed by atoms with Crippen molar-refractivity contribution in [3.8, 4) is 0 Å². The van der Waals surface area contributed by atoms with E-state index in [1.54, 1.807) is 0 Å². The molecule has 0 aromatic rings. The number of hydrogen-bond acceptors (Lipinski definition) is 3. The topological polar surface area (TPSA) is 77.8 Å². The molecule has 4 heteroatoms. The number of carboxylic acids is 1. The summed E-state index contributed by atoms with van der Waals surface area (Å²) >= 11 is 0. The lowest BCUT2D eigenvalue weighted by Gasteiger charge is -1.90. The summed E-state index contributed by atoms with van der Waals surface area (Å²) in [6, 6.07) is 0. The van der Waals surface area contributed by atoms with Crippen LogP contribution in [0.1, 0.15) is 13.8 Å². The molecular formula is C9H18O4. The summed E-state index contributed by atoms with van der Waals surface area (Å²) in [7, 11) is 0. The van der Waals surface area contributed by atoms with E-state index in [-0.39, 0.29) is 12.2 Å². The van der Waals surface area contributed by atoms with Crippen LogP contribution in [0.2, 0.25) is 0 Å². The lowest BCUT2D eigenvalue weighted by Crippen LogP contribution is -2.03. The Morgan fingerprint density at radius 3 is 1.62 bits per heavy atom. The lowest BCUT2D eigenvalue weighted by molar-refractivity contribution is -0.132. The lowest BCUT2D eigenvalue weighted by atomic mass is 10.4. The molecule has 1 unspecified atom stereocenters. The van der Waals surface area contributed by atoms with E-state index < -0.39 is 12.1 Å². The quantitative estimate of drug-likeness (QED) is 0.445. The van der Waals surface area contributed by atoms with Crippen LogP contribution in [-0.4, -0.2) is 34.0 Å². The summed E-state index contributed by atoms with van der Waals surface area (Å²) in [6.45, 7) is 12.0. The molecular weight excluding hydrogens is 172 g/mol. The van der Waals surface area contributed by atoms with Crippen LogP contribution in [0.3, 0.4) is 0 Å². The zero-order valence-corrected chi connectivity index (χ0v) is 8.16. The van der Waals surface area contributed by atoms with Gasteiger partial charge in [0.05, 0.1) is 12.7 Å². The van der Waals surface area contributed by atoms with E-state index in [0.717, 1.165) is 0 Å². The van der Waals surface area contributed by atoms with Crippen molar-refractivity contribution in [3.05, 3.63) is 25.3 Å². The Balaban J connectivity index is -0.000000131. The van der Waals surface area contributed by atoms with Crippen LogP contribution in [0.15, 0.2) is 25.3 Å². The maximum absolute atomic E-state index is 9.60. The van der Waals surface area contributed by atoms with Crippen molar-refractivity contribution in [2.75, 3.05) is 6.61 Å². The number of aliphatic carboxylic acids is 1. The average molecular weight is 190 g/mol. The molecule has 0 aromatic carbocycles. The van der Waals surface area contributed by atoms with Gasteiger partial charge in [0.1, 0.15) is 0 Å². The van der Waals surface area contributed by atoms with Crippen molar-refractivity contribution in [2.24, 2.45) is 0 Å². The van der Waals surface area contributed by atoms with Crippen LogP contribution in [-0.2, 0) is 4.79 Å². The fraction of sp³-hybridized carbons (Fsp3) is 0.444. The molecule has 1 atom stereocenters. The second-order valence-corrected chi connectivity index (χ2v) is 2.12. The van der Waals surface area contributed by atoms with Gasteiger partial charge in [0, 0.05) is 5.57 Å². The second-order valence-electron chi connectivity index (χ2n) is 2.12. The van der Waals surface area contributed by atoms with Crippen molar-refractivity contribution < 1.29 is 20.1 Å². The zero-order chi connectivity index (χ0) is 11.4. The summed E-state index contributed by atoms with van der Waals surface area (Å²) in [5.41, 5.74) is 0.176. The van der Waals surface area contributed by atoms with Crippen molar-refractivity contribution in [3.63, 3.8) is 0 Å². The van der Waals surface area contributed by atoms with Crippen LogP contribution in [0.25, 0.3) is 0 Å². The summed E-state index contributed by atoms with van der Waals surface area (Å²) < 4.78 is 0. The predicted molar refractivity (Wildman–Crippen MR) is 52.5 cm³/mol. The Bertz CT molecular complexity index is 129. The van der Waals surface area contributed by atoms with Gasteiger partial charge >= 0.3 is 5.97 Å². The van der Waals surface area contributed by atoms with E-state index in [2.05, 4.69) is 19.7 Å². The van der Waals surface area contributed by atoms with Gasteiger partial charge in [-0.05, 0) is 13.8 Å². The zero-order valence-electron chi connectivity index (χ0n) is 8.16. The van der Waals surface area contributed by atoms with E-state index in [1.807, 2.05) is 0 Å². The molecule has 0 amide bonds. The largest absolute Gasteiger partial charge is 0.478 e. The SMILES string of the molecule is C=C.C=C(C)C(=O)O.CC(O)CO. The van der Waals surface area contributed by atoms with Crippen LogP contribution in [0.4, 0.5) is 0 Å². The van der Waals surface area contributed by atoms with E-state index in [0.29, 0.717) is 0 Å². The Kier molecular flexibility index (Phi) is 18.5. The third-order valence-corrected chi connectivity index (χ3v) is 0.629. The minimum Gasteiger partial charge on any atom is -0.478 e. The van der Waals surface area contributed by atoms with Crippen LogP contribution in [0.5, 0.6) is 0 Å². The third kappa shape index (κ3) is 36.1. The first-order valence-electron chi connectivity index (χ1n) is 3.59. The average Bonchev–Trinajstić information content (AvgIpc) is 2.09. The van der Waals surface area contributed by atoms with Crippen LogP contribution < -0.4 is 0 Å². The van der Waals surface area contributed by atoms with Gasteiger partial charge in [0.25, 0.3) is 0 Å². The second kappa shape index (κ2) is 13.5. The standard InChI is InChI=1S/C4H6O2.C3H8O2.C2H4/c1-3(2)4(5)6;1-3(5)2-4;1-2/h1H2,2H3,(H,5,6);3-5H,2H2,1H3;1-2H2. The Morgan fingerprint density at radius 2 is 1.62 bits per heavy atom. The molecule has 0 radical (unpaired) electrons. The number of carboxylic acid groups (broad SMARTS) is 1. The van der Waals surface area contributed by atoms with Gasteiger partial charge in [-0.25, -0.2) is 4.79 Å². The smallest absolute Gasteiger partial charge is 0.330 e. The van der Waals surface area contributed by atoms with E-state index in [1.165, 1.54) is 13.8 Å². The number of rotatable bonds is 2. The van der Waals surface area contributed by atoms with E-state index >= 15 is 0 Å². The first-order valence-corrected chi connectivity index (χ1v) is 3.59. The van der Waals surface area contributed by atoms with Gasteiger partial charge in [-0.15, -0.1) is 13.2 Å². The van der Waals surface area contributed by atoms with Crippen LogP contribution in [0, 0.1) is 0 Å². The highest BCUT2D eigenvalue weighted by molar-refractivity contribution is 5.84. The molecule has 78 valence electrons. The van der Waals surface area contributed by atoms with Crippen molar-refractivity contribution >= 4 is 5.97 Å². The monoisotopic (exact) mass is 190 g/mol. The Hall–Kier alpha value is -1.13. The normalized spacial score (nSPS) is 9.54. The first kappa shape index (κ1) is 17.8. The maximum atomic E-state index is 9.60. The fourth-order valence-electron chi connectivity index (χ4n) is 0. The van der Waals surface area contributed by atoms with Gasteiger partial charge in [0.15, 0.2) is 0 Å². The molecule has 0 aliphatic heterocycles. The molecule has 4 nitrogen and oxygen atoms in total. The minimum absolute atomic E-state index is 0.139. The Labute approximate surface area is 78.8 Å². The van der Waals surface area contributed by atoms with E-state index in [4.69, 9.17) is 15.3 Å². The number of aliphatic hydroxyl groups is 2. The van der Waals surface area contributed by atoms with Gasteiger partial charge < -0.3 is 15.3 Å². The minimum atomic E-state index is -0.935. The van der Waals surface area contributed by atoms with E-state index in [9.17, 15) is 4.79 Å². The number of hydrogen-bond donors (Lipinski definition) is 3. The molecule has 0 aromatic heterocycles. The molecule has 0 saturated carbocycles. The highest BCUT2D eigenvalue weighted by Crippen LogP contribution is 1.81. The maximum Gasteiger partial charge on any atom is 0.330 e. The summed E-state index contributed by atoms with van der Waals surface area (Å²) in [5.74, 6) is -0.935. The number of carbonyl (C=O) groups is 1. The molecule has 0 fully saturated rings. The molecule has 0 heterocycles. The molecule has 0 aliphatic carbocycles. The molecule has 0 aliphatic rings. The highest BCUT2D eigenvalue weighted by atomic mass is 16.4. The molecule has 0 rings (SSSR count). The summed E-state index contributed by atoms with van der Waals surface area (Å²) in [4.78, 5) is 9.60. The highest BCUT2D eigenvalue weighted by Gasteiger charge is 1.90. The molecule has 0 saturated heterocycles. The van der Waals surface area contributed by atoms with Crippen LogP contribution >= 0.6 is 0 Å². The molecule has 13 heavy (non-hydrogen) atoms. The van der Waals surface area contributed by atoms with Crippen molar-refractivity contribution in [1.29, 1.82) is 0 Å². The van der Waals surface area contributed by atoms with Gasteiger partial charge in [-0.1, -0.05) is 6.58 Å². The molecule has 0 bridgehead atoms. The predicted octanol–water partition coefficient (Wildman–Crippen LogP) is 0.809. The Morgan fingerprint density at radius 1 is 1.46 bits per heavy atom. The van der Waals surface area contributed by atoms with Crippen molar-refractivity contribution in [1.82, 2.24) is 0 Å². The van der Waals surface area contributed by atoms with Gasteiger partial charge in [-0.2, -0.15) is 0 Å². The number of aliphatic hydroxyl groups excluding tert-OH is 2. The summed E-state index contributed by atoms with van der Waals surface area (Å²) in [5, 5.41) is 23.9. The first-order chi connectivity index (χ1) is 5.91. The molecule has 0 spiro atoms. The summed E-state index contributed by atoms with van der Waals surface area (Å²) in [6.07, 6.45) is -0.560. The van der Waals surface area contributed by atoms with Gasteiger partial charge in [-0.3, -0.25) is 0 Å². The fourth-order valence-corrected chi connectivity index (χ4v) is 0. The van der Waals surface area contributed by atoms with Gasteiger partial charge in [0.2, 0.25) is 0 Å². The molecule has 3 N–H and O–H groups in total. The third-order valence-electron chi connectivity index (χ3n) is 0.629. The van der Waals surface area contributed by atoms with Crippen molar-refractivity contribution in [2.45, 2.75) is 20.0 Å².